The third-order valence-corrected chi connectivity index (χ3v) is 3.86. The predicted molar refractivity (Wildman–Crippen MR) is 77.4 cm³/mol. The van der Waals surface area contributed by atoms with Crippen molar-refractivity contribution in [2.45, 2.75) is 27.2 Å². The normalized spacial score (nSPS) is 12.8. The first kappa shape index (κ1) is 15.6. The Bertz CT molecular complexity index is 738. The first-order chi connectivity index (χ1) is 9.66. The quantitative estimate of drug-likeness (QED) is 0.831. The highest BCUT2D eigenvalue weighted by atomic mass is 32.2. The van der Waals surface area contributed by atoms with Crippen LogP contribution in [0.2, 0.25) is 0 Å². The molecule has 2 aromatic rings. The van der Waals surface area contributed by atoms with Crippen LogP contribution >= 0.6 is 0 Å². The van der Waals surface area contributed by atoms with Crippen LogP contribution in [0.25, 0.3) is 5.65 Å². The number of hydrogen-bond acceptors (Lipinski definition) is 6. The van der Waals surface area contributed by atoms with Crippen molar-refractivity contribution in [3.05, 3.63) is 18.0 Å². The van der Waals surface area contributed by atoms with Crippen molar-refractivity contribution in [1.29, 1.82) is 0 Å². The molecule has 0 fully saturated rings. The molecule has 0 saturated carbocycles. The minimum absolute atomic E-state index is 0.0715. The maximum Gasteiger partial charge on any atom is 0.236 e. The first-order valence-corrected chi connectivity index (χ1v) is 8.19. The largest absolute Gasteiger partial charge is 0.476 e. The summed E-state index contributed by atoms with van der Waals surface area (Å²) >= 11 is 0. The number of aromatic nitrogens is 4. The van der Waals surface area contributed by atoms with E-state index >= 15 is 0 Å². The predicted octanol–water partition coefficient (Wildman–Crippen LogP) is 0.516. The molecule has 0 spiro atoms. The number of nitrogens with two attached hydrogens (primary N) is 1. The molecule has 2 heterocycles. The molecule has 8 nitrogen and oxygen atoms in total. The Kier molecular flexibility index (Phi) is 4.15. The molecule has 0 unspecified atom stereocenters. The van der Waals surface area contributed by atoms with Crippen molar-refractivity contribution >= 4 is 15.7 Å². The molecular formula is C12H19N5O3S. The van der Waals surface area contributed by atoms with Gasteiger partial charge in [0.05, 0.1) is 12.4 Å². The van der Waals surface area contributed by atoms with Crippen molar-refractivity contribution in [2.24, 2.45) is 10.6 Å². The number of nitrogens with zero attached hydrogens (tertiary/aromatic N) is 4. The smallest absolute Gasteiger partial charge is 0.236 e. The Hall–Kier alpha value is -1.74. The van der Waals surface area contributed by atoms with Gasteiger partial charge in [-0.2, -0.15) is 0 Å². The van der Waals surface area contributed by atoms with Gasteiger partial charge >= 0.3 is 0 Å². The highest BCUT2D eigenvalue weighted by Gasteiger charge is 2.22. The highest BCUT2D eigenvalue weighted by molar-refractivity contribution is 7.89. The number of primary sulfonamides is 1. The van der Waals surface area contributed by atoms with E-state index in [1.807, 2.05) is 26.8 Å². The molecular weight excluding hydrogens is 294 g/mol. The van der Waals surface area contributed by atoms with Gasteiger partial charge < -0.3 is 4.74 Å². The van der Waals surface area contributed by atoms with Crippen molar-refractivity contribution in [3.63, 3.8) is 0 Å². The van der Waals surface area contributed by atoms with E-state index in [0.717, 1.165) is 5.56 Å². The van der Waals surface area contributed by atoms with E-state index in [9.17, 15) is 8.42 Å². The fourth-order valence-corrected chi connectivity index (χ4v) is 2.57. The lowest BCUT2D eigenvalue weighted by molar-refractivity contribution is 0.167. The molecule has 2 aromatic heterocycles. The van der Waals surface area contributed by atoms with E-state index in [4.69, 9.17) is 9.88 Å². The molecule has 0 aliphatic carbocycles. The van der Waals surface area contributed by atoms with Gasteiger partial charge in [-0.05, 0) is 24.8 Å². The topological polar surface area (TPSA) is 112 Å². The van der Waals surface area contributed by atoms with E-state index in [1.165, 1.54) is 11.0 Å². The summed E-state index contributed by atoms with van der Waals surface area (Å²) in [4.78, 5) is 4.04. The summed E-state index contributed by atoms with van der Waals surface area (Å²) in [6.07, 6.45) is 1.83. The van der Waals surface area contributed by atoms with E-state index in [2.05, 4.69) is 15.2 Å². The molecule has 0 amide bonds. The Morgan fingerprint density at radius 2 is 2.14 bits per heavy atom. The second kappa shape index (κ2) is 5.57. The van der Waals surface area contributed by atoms with Crippen LogP contribution in [0.5, 0.6) is 5.88 Å². The lowest BCUT2D eigenvalue weighted by atomic mass is 9.91. The van der Waals surface area contributed by atoms with Crippen molar-refractivity contribution < 1.29 is 13.2 Å². The molecule has 0 saturated heterocycles. The number of ether oxygens (including phenoxy) is 1. The summed E-state index contributed by atoms with van der Waals surface area (Å²) < 4.78 is 29.2. The van der Waals surface area contributed by atoms with Gasteiger partial charge in [-0.1, -0.05) is 13.8 Å². The summed E-state index contributed by atoms with van der Waals surface area (Å²) in [6.45, 7) is 6.04. The van der Waals surface area contributed by atoms with Crippen molar-refractivity contribution in [1.82, 2.24) is 19.8 Å². The zero-order valence-electron chi connectivity index (χ0n) is 12.3. The van der Waals surface area contributed by atoms with E-state index in [-0.39, 0.29) is 11.2 Å². The van der Waals surface area contributed by atoms with E-state index in [0.29, 0.717) is 24.6 Å². The molecule has 0 aliphatic heterocycles. The molecule has 21 heavy (non-hydrogen) atoms. The third kappa shape index (κ3) is 4.36. The van der Waals surface area contributed by atoms with Gasteiger partial charge in [-0.3, -0.25) is 0 Å². The number of hydrogen-bond donors (Lipinski definition) is 1. The summed E-state index contributed by atoms with van der Waals surface area (Å²) in [6, 6.07) is 1.83. The molecule has 0 atom stereocenters. The second-order valence-electron chi connectivity index (χ2n) is 5.81. The number of aryl methyl sites for hydroxylation is 1. The lowest BCUT2D eigenvalue weighted by Crippen LogP contribution is -2.27. The summed E-state index contributed by atoms with van der Waals surface area (Å²) in [5.41, 5.74) is 1.16. The van der Waals surface area contributed by atoms with Crippen LogP contribution < -0.4 is 9.88 Å². The Labute approximate surface area is 123 Å². The number of rotatable bonds is 6. The highest BCUT2D eigenvalue weighted by Crippen LogP contribution is 2.23. The van der Waals surface area contributed by atoms with Crippen LogP contribution in [0.1, 0.15) is 25.8 Å². The van der Waals surface area contributed by atoms with Crippen molar-refractivity contribution in [2.75, 3.05) is 12.4 Å². The first-order valence-electron chi connectivity index (χ1n) is 6.47. The molecule has 2 N–H and O–H groups in total. The zero-order chi connectivity index (χ0) is 15.7. The Morgan fingerprint density at radius 1 is 1.43 bits per heavy atom. The average Bonchev–Trinajstić information content (AvgIpc) is 2.80. The summed E-state index contributed by atoms with van der Waals surface area (Å²) in [7, 11) is -3.46. The van der Waals surface area contributed by atoms with Crippen LogP contribution in [-0.4, -0.2) is 40.6 Å². The van der Waals surface area contributed by atoms with Gasteiger partial charge in [0.25, 0.3) is 0 Å². The van der Waals surface area contributed by atoms with E-state index in [1.54, 1.807) is 0 Å². The van der Waals surface area contributed by atoms with Gasteiger partial charge in [0.15, 0.2) is 5.65 Å². The molecule has 0 bridgehead atoms. The van der Waals surface area contributed by atoms with Gasteiger partial charge in [-0.15, -0.1) is 14.8 Å². The van der Waals surface area contributed by atoms with Gasteiger partial charge in [0, 0.05) is 5.56 Å². The SMILES string of the molecule is Cc1cc2ncnn2nc1OCC(C)(C)CCS(N)(=O)=O. The van der Waals surface area contributed by atoms with Crippen LogP contribution in [-0.2, 0) is 10.0 Å². The van der Waals surface area contributed by atoms with Gasteiger partial charge in [-0.25, -0.2) is 18.5 Å². The van der Waals surface area contributed by atoms with E-state index < -0.39 is 10.0 Å². The fraction of sp³-hybridized carbons (Fsp3) is 0.583. The minimum atomic E-state index is -3.46. The molecule has 9 heteroatoms. The van der Waals surface area contributed by atoms with Crippen LogP contribution in [0.3, 0.4) is 0 Å². The zero-order valence-corrected chi connectivity index (χ0v) is 13.1. The van der Waals surface area contributed by atoms with Crippen LogP contribution in [0.15, 0.2) is 12.4 Å². The molecule has 0 radical (unpaired) electrons. The Morgan fingerprint density at radius 3 is 2.81 bits per heavy atom. The standard InChI is InChI=1S/C12H19N5O3S/c1-9-6-10-14-8-15-17(10)16-11(9)20-7-12(2,3)4-5-21(13,18)19/h6,8H,4-5,7H2,1-3H3,(H2,13,18,19). The van der Waals surface area contributed by atoms with Gasteiger partial charge in [0.2, 0.25) is 15.9 Å². The monoisotopic (exact) mass is 313 g/mol. The molecule has 0 aliphatic rings. The van der Waals surface area contributed by atoms with Crippen LogP contribution in [0.4, 0.5) is 0 Å². The lowest BCUT2D eigenvalue weighted by Gasteiger charge is -2.24. The number of sulfonamides is 1. The number of fused-ring (bicyclic) bond motifs is 1. The summed E-state index contributed by atoms with van der Waals surface area (Å²) in [5.74, 6) is 0.384. The molecule has 116 valence electrons. The maximum absolute atomic E-state index is 11.0. The fourth-order valence-electron chi connectivity index (χ4n) is 1.73. The third-order valence-electron chi connectivity index (χ3n) is 3.09. The Balaban J connectivity index is 2.04. The van der Waals surface area contributed by atoms with Crippen molar-refractivity contribution in [3.8, 4) is 5.88 Å². The van der Waals surface area contributed by atoms with Gasteiger partial charge in [0.1, 0.15) is 6.33 Å². The van der Waals surface area contributed by atoms with Crippen LogP contribution in [0, 0.1) is 12.3 Å². The summed E-state index contributed by atoms with van der Waals surface area (Å²) in [5, 5.41) is 13.2. The molecule has 2 rings (SSSR count). The average molecular weight is 313 g/mol. The second-order valence-corrected chi connectivity index (χ2v) is 7.54. The molecule has 0 aromatic carbocycles. The maximum atomic E-state index is 11.0. The minimum Gasteiger partial charge on any atom is -0.476 e.